The van der Waals surface area contributed by atoms with Gasteiger partial charge in [-0.3, -0.25) is 19.9 Å². The van der Waals surface area contributed by atoms with Gasteiger partial charge in [-0.1, -0.05) is 51.3 Å². The average molecular weight is 416 g/mol. The summed E-state index contributed by atoms with van der Waals surface area (Å²) in [4.78, 5) is 42.4. The average Bonchev–Trinajstić information content (AvgIpc) is 2.72. The number of para-hydroxylation sites is 1. The summed E-state index contributed by atoms with van der Waals surface area (Å²) in [6.45, 7) is 8.00. The lowest BCUT2D eigenvalue weighted by atomic mass is 10.0. The number of unbranched alkanes of at least 4 members (excludes halogenated alkanes) is 1. The van der Waals surface area contributed by atoms with Gasteiger partial charge in [-0.25, -0.2) is 9.69 Å². The fourth-order valence-electron chi connectivity index (χ4n) is 3.35. The molecule has 1 aliphatic rings. The van der Waals surface area contributed by atoms with E-state index in [1.807, 2.05) is 6.07 Å². The number of amides is 4. The summed E-state index contributed by atoms with van der Waals surface area (Å²) in [5.41, 5.74) is 1.24. The molecule has 0 radical (unpaired) electrons. The standard InChI is InChI=1S/C23H33N3O4/c1-4-6-11-18(5-2)16-30-14-9-13-24-15-19-21(27)25-23(29)26(22(19)28)20-12-8-7-10-17(20)3/h7-8,10,12,15,18-19H,4-6,9,11,13-14,16H2,1-3H3,(H,25,27,29)/t18-,19?/m1/s1. The molecule has 164 valence electrons. The maximum absolute atomic E-state index is 12.8. The lowest BCUT2D eigenvalue weighted by Gasteiger charge is -2.29. The number of ether oxygens (including phenoxy) is 1. The molecule has 1 heterocycles. The predicted octanol–water partition coefficient (Wildman–Crippen LogP) is 3.89. The van der Waals surface area contributed by atoms with Crippen LogP contribution in [0.4, 0.5) is 10.5 Å². The molecular formula is C23H33N3O4. The molecule has 0 bridgehead atoms. The minimum absolute atomic E-state index is 0.459. The van der Waals surface area contributed by atoms with Gasteiger partial charge in [0.05, 0.1) is 5.69 Å². The lowest BCUT2D eigenvalue weighted by molar-refractivity contribution is -0.131. The van der Waals surface area contributed by atoms with E-state index in [1.54, 1.807) is 25.1 Å². The summed E-state index contributed by atoms with van der Waals surface area (Å²) in [7, 11) is 0. The molecule has 0 saturated carbocycles. The Kier molecular flexibility index (Phi) is 9.67. The zero-order valence-electron chi connectivity index (χ0n) is 18.2. The predicted molar refractivity (Wildman–Crippen MR) is 118 cm³/mol. The minimum atomic E-state index is -1.11. The Morgan fingerprint density at radius 2 is 1.97 bits per heavy atom. The second-order valence-electron chi connectivity index (χ2n) is 7.63. The largest absolute Gasteiger partial charge is 0.381 e. The van der Waals surface area contributed by atoms with Crippen molar-refractivity contribution < 1.29 is 19.1 Å². The normalized spacial score (nSPS) is 18.2. The molecule has 4 amide bonds. The van der Waals surface area contributed by atoms with Crippen LogP contribution in [0.25, 0.3) is 0 Å². The Bertz CT molecular complexity index is 763. The van der Waals surface area contributed by atoms with E-state index < -0.39 is 23.8 Å². The second-order valence-corrected chi connectivity index (χ2v) is 7.63. The smallest absolute Gasteiger partial charge is 0.335 e. The summed E-state index contributed by atoms with van der Waals surface area (Å²) >= 11 is 0. The van der Waals surface area contributed by atoms with Crippen LogP contribution in [0.15, 0.2) is 29.3 Å². The van der Waals surface area contributed by atoms with Crippen LogP contribution in [-0.2, 0) is 14.3 Å². The first-order valence-corrected chi connectivity index (χ1v) is 10.8. The summed E-state index contributed by atoms with van der Waals surface area (Å²) in [5.74, 6) is -1.74. The monoisotopic (exact) mass is 415 g/mol. The molecule has 1 aromatic rings. The number of hydrogen-bond acceptors (Lipinski definition) is 5. The van der Waals surface area contributed by atoms with Crippen LogP contribution in [0.1, 0.15) is 51.5 Å². The second kappa shape index (κ2) is 12.2. The maximum atomic E-state index is 12.8. The quantitative estimate of drug-likeness (QED) is 0.319. The molecule has 1 saturated heterocycles. The molecule has 1 aromatic carbocycles. The number of carbonyl (C=O) groups is 3. The van der Waals surface area contributed by atoms with Gasteiger partial charge >= 0.3 is 6.03 Å². The molecular weight excluding hydrogens is 382 g/mol. The number of imide groups is 2. The van der Waals surface area contributed by atoms with Crippen molar-refractivity contribution in [1.82, 2.24) is 5.32 Å². The van der Waals surface area contributed by atoms with Gasteiger partial charge in [0.2, 0.25) is 5.91 Å². The van der Waals surface area contributed by atoms with Gasteiger partial charge in [0.15, 0.2) is 5.92 Å². The molecule has 1 fully saturated rings. The van der Waals surface area contributed by atoms with Crippen LogP contribution >= 0.6 is 0 Å². The number of hydrogen-bond donors (Lipinski definition) is 1. The number of rotatable bonds is 12. The molecule has 0 spiro atoms. The molecule has 1 unspecified atom stereocenters. The highest BCUT2D eigenvalue weighted by Crippen LogP contribution is 2.23. The first-order chi connectivity index (χ1) is 14.5. The van der Waals surface area contributed by atoms with E-state index in [0.29, 0.717) is 31.2 Å². The van der Waals surface area contributed by atoms with Gasteiger partial charge in [-0.15, -0.1) is 0 Å². The number of nitrogens with one attached hydrogen (secondary N) is 1. The molecule has 0 aliphatic carbocycles. The van der Waals surface area contributed by atoms with Gasteiger partial charge in [0.25, 0.3) is 5.91 Å². The lowest BCUT2D eigenvalue weighted by Crippen LogP contribution is -2.58. The number of anilines is 1. The number of aryl methyl sites for hydroxylation is 1. The van der Waals surface area contributed by atoms with E-state index in [2.05, 4.69) is 24.2 Å². The van der Waals surface area contributed by atoms with Gasteiger partial charge in [-0.2, -0.15) is 0 Å². The van der Waals surface area contributed by atoms with E-state index in [0.717, 1.165) is 23.5 Å². The van der Waals surface area contributed by atoms with E-state index in [1.165, 1.54) is 25.5 Å². The van der Waals surface area contributed by atoms with E-state index in [4.69, 9.17) is 4.74 Å². The third kappa shape index (κ3) is 6.49. The summed E-state index contributed by atoms with van der Waals surface area (Å²) < 4.78 is 5.75. The molecule has 2 atom stereocenters. The Balaban J connectivity index is 1.84. The first kappa shape index (κ1) is 23.7. The number of barbiturate groups is 1. The van der Waals surface area contributed by atoms with Crippen molar-refractivity contribution in [3.8, 4) is 0 Å². The molecule has 7 heteroatoms. The SMILES string of the molecule is CCCC[C@@H](CC)COCCCN=CC1C(=O)NC(=O)N(c2ccccc2C)C1=O. The third-order valence-corrected chi connectivity index (χ3v) is 5.29. The van der Waals surface area contributed by atoms with Crippen molar-refractivity contribution in [2.24, 2.45) is 16.8 Å². The Labute approximate surface area is 178 Å². The van der Waals surface area contributed by atoms with Gasteiger partial charge in [-0.05, 0) is 37.3 Å². The van der Waals surface area contributed by atoms with Crippen molar-refractivity contribution >= 4 is 29.7 Å². The topological polar surface area (TPSA) is 88.1 Å². The summed E-state index contributed by atoms with van der Waals surface area (Å²) in [5, 5.41) is 2.24. The maximum Gasteiger partial charge on any atom is 0.335 e. The fraction of sp³-hybridized carbons (Fsp3) is 0.565. The van der Waals surface area contributed by atoms with Crippen LogP contribution in [0.5, 0.6) is 0 Å². The minimum Gasteiger partial charge on any atom is -0.381 e. The van der Waals surface area contributed by atoms with Crippen LogP contribution in [0.2, 0.25) is 0 Å². The number of aliphatic imine (C=N–C) groups is 1. The van der Waals surface area contributed by atoms with E-state index >= 15 is 0 Å². The zero-order chi connectivity index (χ0) is 21.9. The fourth-order valence-corrected chi connectivity index (χ4v) is 3.35. The van der Waals surface area contributed by atoms with Crippen LogP contribution in [0.3, 0.4) is 0 Å². The van der Waals surface area contributed by atoms with E-state index in [9.17, 15) is 14.4 Å². The number of nitrogens with zero attached hydrogens (tertiary/aromatic N) is 2. The molecule has 30 heavy (non-hydrogen) atoms. The number of urea groups is 1. The highest BCUT2D eigenvalue weighted by molar-refractivity contribution is 6.32. The molecule has 1 aliphatic heterocycles. The van der Waals surface area contributed by atoms with E-state index in [-0.39, 0.29) is 0 Å². The zero-order valence-corrected chi connectivity index (χ0v) is 18.2. The van der Waals surface area contributed by atoms with Crippen LogP contribution in [0, 0.1) is 18.8 Å². The Morgan fingerprint density at radius 3 is 2.67 bits per heavy atom. The summed E-state index contributed by atoms with van der Waals surface area (Å²) in [6.07, 6.45) is 6.79. The van der Waals surface area contributed by atoms with Crippen molar-refractivity contribution in [2.75, 3.05) is 24.7 Å². The third-order valence-electron chi connectivity index (χ3n) is 5.29. The Morgan fingerprint density at radius 1 is 1.20 bits per heavy atom. The molecule has 0 aromatic heterocycles. The van der Waals surface area contributed by atoms with Crippen LogP contribution < -0.4 is 10.2 Å². The Hall–Kier alpha value is -2.54. The van der Waals surface area contributed by atoms with Gasteiger partial charge in [0.1, 0.15) is 0 Å². The molecule has 7 nitrogen and oxygen atoms in total. The van der Waals surface area contributed by atoms with Crippen molar-refractivity contribution in [2.45, 2.75) is 52.9 Å². The van der Waals surface area contributed by atoms with Crippen molar-refractivity contribution in [3.63, 3.8) is 0 Å². The van der Waals surface area contributed by atoms with Gasteiger partial charge in [0, 0.05) is 26.0 Å². The highest BCUT2D eigenvalue weighted by Gasteiger charge is 2.40. The van der Waals surface area contributed by atoms with Crippen LogP contribution in [-0.4, -0.2) is 43.8 Å². The number of benzene rings is 1. The summed E-state index contributed by atoms with van der Waals surface area (Å²) in [6, 6.07) is 6.32. The van der Waals surface area contributed by atoms with Crippen molar-refractivity contribution in [3.05, 3.63) is 29.8 Å². The molecule has 1 N–H and O–H groups in total. The number of carbonyl (C=O) groups excluding carboxylic acids is 3. The molecule has 2 rings (SSSR count). The highest BCUT2D eigenvalue weighted by atomic mass is 16.5. The first-order valence-electron chi connectivity index (χ1n) is 10.8. The van der Waals surface area contributed by atoms with Crippen molar-refractivity contribution in [1.29, 1.82) is 0 Å². The van der Waals surface area contributed by atoms with Gasteiger partial charge < -0.3 is 4.74 Å².